The molecule has 3 aromatic rings. The van der Waals surface area contributed by atoms with Crippen LogP contribution in [0.3, 0.4) is 0 Å². The van der Waals surface area contributed by atoms with Crippen LogP contribution in [-0.2, 0) is 4.79 Å². The minimum atomic E-state index is -0.0764. The molecular weight excluding hydrogens is 340 g/mol. The lowest BCUT2D eigenvalue weighted by Crippen LogP contribution is -2.14. The van der Waals surface area contributed by atoms with Crippen molar-refractivity contribution in [3.63, 3.8) is 0 Å². The standard InChI is InChI=1S/C19H17ClN2OS/c1-12-7-8-14(10-16(12)20)21-18(23)11-24-19-9-13(2)15-5-3-4-6-17(15)22-19/h3-10H,11H2,1-2H3,(H,21,23). The number of carbonyl (C=O) groups excluding carboxylic acids is 1. The van der Waals surface area contributed by atoms with E-state index in [1.807, 2.05) is 43.3 Å². The maximum atomic E-state index is 12.1. The number of benzene rings is 2. The first-order chi connectivity index (χ1) is 11.5. The zero-order valence-electron chi connectivity index (χ0n) is 13.5. The number of fused-ring (bicyclic) bond motifs is 1. The smallest absolute Gasteiger partial charge is 0.234 e. The van der Waals surface area contributed by atoms with E-state index >= 15 is 0 Å². The Morgan fingerprint density at radius 3 is 2.71 bits per heavy atom. The van der Waals surface area contributed by atoms with E-state index in [2.05, 4.69) is 23.3 Å². The van der Waals surface area contributed by atoms with Gasteiger partial charge in [-0.25, -0.2) is 4.98 Å². The molecule has 0 aliphatic rings. The summed E-state index contributed by atoms with van der Waals surface area (Å²) >= 11 is 7.50. The number of hydrogen-bond acceptors (Lipinski definition) is 3. The van der Waals surface area contributed by atoms with Crippen molar-refractivity contribution >= 4 is 45.9 Å². The van der Waals surface area contributed by atoms with Crippen LogP contribution in [-0.4, -0.2) is 16.6 Å². The van der Waals surface area contributed by atoms with Gasteiger partial charge in [0.15, 0.2) is 0 Å². The highest BCUT2D eigenvalue weighted by Crippen LogP contribution is 2.24. The summed E-state index contributed by atoms with van der Waals surface area (Å²) in [6.07, 6.45) is 0. The second kappa shape index (κ2) is 7.24. The highest BCUT2D eigenvalue weighted by Gasteiger charge is 2.08. The average Bonchev–Trinajstić information content (AvgIpc) is 2.56. The van der Waals surface area contributed by atoms with E-state index in [1.54, 1.807) is 6.07 Å². The topological polar surface area (TPSA) is 42.0 Å². The summed E-state index contributed by atoms with van der Waals surface area (Å²) in [6.45, 7) is 3.99. The number of amides is 1. The van der Waals surface area contributed by atoms with E-state index in [0.717, 1.165) is 27.1 Å². The minimum Gasteiger partial charge on any atom is -0.325 e. The fourth-order valence-electron chi connectivity index (χ4n) is 2.40. The largest absolute Gasteiger partial charge is 0.325 e. The van der Waals surface area contributed by atoms with Crippen LogP contribution in [0.4, 0.5) is 5.69 Å². The summed E-state index contributed by atoms with van der Waals surface area (Å²) in [5, 5.41) is 5.50. The Morgan fingerprint density at radius 1 is 1.12 bits per heavy atom. The Hall–Kier alpha value is -2.04. The Kier molecular flexibility index (Phi) is 5.07. The molecular formula is C19H17ClN2OS. The van der Waals surface area contributed by atoms with Gasteiger partial charge in [0.2, 0.25) is 5.91 Å². The number of aromatic nitrogens is 1. The summed E-state index contributed by atoms with van der Waals surface area (Å²) in [7, 11) is 0. The number of hydrogen-bond donors (Lipinski definition) is 1. The molecule has 0 saturated carbocycles. The molecule has 0 atom stereocenters. The molecule has 0 aliphatic carbocycles. The van der Waals surface area contributed by atoms with Crippen LogP contribution in [0.15, 0.2) is 53.6 Å². The number of halogens is 1. The van der Waals surface area contributed by atoms with Gasteiger partial charge in [-0.2, -0.15) is 0 Å². The van der Waals surface area contributed by atoms with Gasteiger partial charge < -0.3 is 5.32 Å². The van der Waals surface area contributed by atoms with E-state index in [4.69, 9.17) is 11.6 Å². The number of pyridine rings is 1. The second-order valence-electron chi connectivity index (χ2n) is 5.60. The number of nitrogens with one attached hydrogen (secondary N) is 1. The molecule has 0 aliphatic heterocycles. The lowest BCUT2D eigenvalue weighted by molar-refractivity contribution is -0.113. The maximum absolute atomic E-state index is 12.1. The molecule has 0 saturated heterocycles. The van der Waals surface area contributed by atoms with Crippen molar-refractivity contribution < 1.29 is 4.79 Å². The van der Waals surface area contributed by atoms with E-state index in [9.17, 15) is 4.79 Å². The van der Waals surface area contributed by atoms with Crippen molar-refractivity contribution in [2.75, 3.05) is 11.1 Å². The number of anilines is 1. The fourth-order valence-corrected chi connectivity index (χ4v) is 3.35. The molecule has 0 spiro atoms. The van der Waals surface area contributed by atoms with Gasteiger partial charge in [0.25, 0.3) is 0 Å². The summed E-state index contributed by atoms with van der Waals surface area (Å²) < 4.78 is 0. The van der Waals surface area contributed by atoms with Gasteiger partial charge in [0.05, 0.1) is 16.3 Å². The van der Waals surface area contributed by atoms with Crippen LogP contribution in [0.25, 0.3) is 10.9 Å². The van der Waals surface area contributed by atoms with Crippen LogP contribution < -0.4 is 5.32 Å². The predicted molar refractivity (Wildman–Crippen MR) is 102 cm³/mol. The first kappa shape index (κ1) is 16.8. The average molecular weight is 357 g/mol. The first-order valence-corrected chi connectivity index (χ1v) is 8.94. The predicted octanol–water partition coefficient (Wildman–Crippen LogP) is 5.24. The number of thioether (sulfide) groups is 1. The summed E-state index contributed by atoms with van der Waals surface area (Å²) in [5.74, 6) is 0.226. The normalized spacial score (nSPS) is 10.8. The van der Waals surface area contributed by atoms with Gasteiger partial charge in [0, 0.05) is 16.1 Å². The Bertz CT molecular complexity index is 911. The molecule has 2 aromatic carbocycles. The zero-order valence-corrected chi connectivity index (χ0v) is 15.0. The molecule has 1 heterocycles. The number of rotatable bonds is 4. The van der Waals surface area contributed by atoms with Crippen LogP contribution in [0.5, 0.6) is 0 Å². The summed E-state index contributed by atoms with van der Waals surface area (Å²) in [6, 6.07) is 15.5. The van der Waals surface area contributed by atoms with E-state index < -0.39 is 0 Å². The molecule has 3 rings (SSSR count). The zero-order chi connectivity index (χ0) is 17.1. The third-order valence-corrected chi connectivity index (χ3v) is 5.02. The molecule has 122 valence electrons. The SMILES string of the molecule is Cc1ccc(NC(=O)CSc2cc(C)c3ccccc3n2)cc1Cl. The number of nitrogens with zero attached hydrogens (tertiary/aromatic N) is 1. The molecule has 0 radical (unpaired) electrons. The fraction of sp³-hybridized carbons (Fsp3) is 0.158. The monoisotopic (exact) mass is 356 g/mol. The van der Waals surface area contributed by atoms with E-state index in [1.165, 1.54) is 11.8 Å². The Morgan fingerprint density at radius 2 is 1.92 bits per heavy atom. The van der Waals surface area contributed by atoms with Crippen molar-refractivity contribution in [1.29, 1.82) is 0 Å². The number of aryl methyl sites for hydroxylation is 2. The third kappa shape index (κ3) is 3.89. The van der Waals surface area contributed by atoms with Crippen molar-refractivity contribution in [3.8, 4) is 0 Å². The summed E-state index contributed by atoms with van der Waals surface area (Å²) in [4.78, 5) is 16.7. The van der Waals surface area contributed by atoms with Gasteiger partial charge in [-0.1, -0.05) is 47.6 Å². The minimum absolute atomic E-state index is 0.0764. The highest BCUT2D eigenvalue weighted by molar-refractivity contribution is 7.99. The second-order valence-corrected chi connectivity index (χ2v) is 7.00. The van der Waals surface area contributed by atoms with Crippen molar-refractivity contribution in [2.24, 2.45) is 0 Å². The van der Waals surface area contributed by atoms with Crippen LogP contribution >= 0.6 is 23.4 Å². The number of para-hydroxylation sites is 1. The highest BCUT2D eigenvalue weighted by atomic mass is 35.5. The quantitative estimate of drug-likeness (QED) is 0.650. The molecule has 1 N–H and O–H groups in total. The molecule has 0 fully saturated rings. The van der Waals surface area contributed by atoms with Crippen LogP contribution in [0.1, 0.15) is 11.1 Å². The van der Waals surface area contributed by atoms with Crippen LogP contribution in [0, 0.1) is 13.8 Å². The lowest BCUT2D eigenvalue weighted by Gasteiger charge is -2.08. The van der Waals surface area contributed by atoms with Gasteiger partial charge in [-0.3, -0.25) is 4.79 Å². The molecule has 1 aromatic heterocycles. The molecule has 24 heavy (non-hydrogen) atoms. The molecule has 0 unspecified atom stereocenters. The van der Waals surface area contributed by atoms with E-state index in [0.29, 0.717) is 16.5 Å². The lowest BCUT2D eigenvalue weighted by atomic mass is 10.1. The van der Waals surface area contributed by atoms with Crippen molar-refractivity contribution in [1.82, 2.24) is 4.98 Å². The number of carbonyl (C=O) groups is 1. The molecule has 1 amide bonds. The third-order valence-electron chi connectivity index (χ3n) is 3.71. The molecule has 5 heteroatoms. The Balaban J connectivity index is 1.66. The van der Waals surface area contributed by atoms with Gasteiger partial charge in [-0.05, 0) is 49.2 Å². The first-order valence-electron chi connectivity index (χ1n) is 7.58. The van der Waals surface area contributed by atoms with Crippen molar-refractivity contribution in [2.45, 2.75) is 18.9 Å². The maximum Gasteiger partial charge on any atom is 0.234 e. The summed E-state index contributed by atoms with van der Waals surface area (Å²) in [5.41, 5.74) is 3.80. The van der Waals surface area contributed by atoms with Crippen LogP contribution in [0.2, 0.25) is 5.02 Å². The van der Waals surface area contributed by atoms with Gasteiger partial charge in [-0.15, -0.1) is 0 Å². The van der Waals surface area contributed by atoms with Gasteiger partial charge in [0.1, 0.15) is 0 Å². The van der Waals surface area contributed by atoms with Crippen molar-refractivity contribution in [3.05, 3.63) is 64.7 Å². The molecule has 3 nitrogen and oxygen atoms in total. The van der Waals surface area contributed by atoms with Gasteiger partial charge >= 0.3 is 0 Å². The Labute approximate surface area is 150 Å². The molecule has 0 bridgehead atoms. The van der Waals surface area contributed by atoms with E-state index in [-0.39, 0.29) is 5.91 Å².